The van der Waals surface area contributed by atoms with E-state index in [0.717, 1.165) is 36.3 Å². The Morgan fingerprint density at radius 1 is 0.933 bits per heavy atom. The van der Waals surface area contributed by atoms with Gasteiger partial charge in [-0.3, -0.25) is 10.2 Å². The molecule has 4 aromatic rings. The summed E-state index contributed by atoms with van der Waals surface area (Å²) in [5.41, 5.74) is 3.96. The topological polar surface area (TPSA) is 138 Å². The first kappa shape index (κ1) is 33.3. The van der Waals surface area contributed by atoms with Crippen LogP contribution < -0.4 is 25.4 Å². The maximum absolute atomic E-state index is 13.2. The molecule has 0 bridgehead atoms. The Labute approximate surface area is 270 Å². The van der Waals surface area contributed by atoms with E-state index in [4.69, 9.17) is 27.5 Å². The van der Waals surface area contributed by atoms with Crippen LogP contribution in [0.1, 0.15) is 37.3 Å². The molecular formula is C34H37N5O4S2. The molecule has 9 nitrogen and oxygen atoms in total. The van der Waals surface area contributed by atoms with Gasteiger partial charge in [0.15, 0.2) is 0 Å². The van der Waals surface area contributed by atoms with Crippen molar-refractivity contribution in [3.8, 4) is 16.9 Å². The zero-order chi connectivity index (χ0) is 32.4. The summed E-state index contributed by atoms with van der Waals surface area (Å²) >= 11 is 5.52. The molecule has 4 rings (SSSR count). The summed E-state index contributed by atoms with van der Waals surface area (Å²) in [4.78, 5) is 15.7. The van der Waals surface area contributed by atoms with Gasteiger partial charge in [0.05, 0.1) is 18.6 Å². The van der Waals surface area contributed by atoms with Gasteiger partial charge in [0, 0.05) is 34.6 Å². The number of anilines is 2. The summed E-state index contributed by atoms with van der Waals surface area (Å²) in [5.74, 6) is 0.669. The third-order valence-electron chi connectivity index (χ3n) is 7.13. The Balaban J connectivity index is 1.45. The lowest BCUT2D eigenvalue weighted by atomic mass is 10.1. The molecule has 0 spiro atoms. The highest BCUT2D eigenvalue weighted by Crippen LogP contribution is 2.27. The number of primary sulfonamides is 1. The second-order valence-electron chi connectivity index (χ2n) is 10.4. The number of unbranched alkanes of at least 4 members (excludes halogenated alkanes) is 2. The first-order valence-electron chi connectivity index (χ1n) is 14.5. The number of rotatable bonds is 13. The van der Waals surface area contributed by atoms with Gasteiger partial charge < -0.3 is 20.3 Å². The fourth-order valence-corrected chi connectivity index (χ4v) is 5.77. The maximum Gasteiger partial charge on any atom is 0.243 e. The molecule has 5 N–H and O–H groups in total. The average molecular weight is 644 g/mol. The largest absolute Gasteiger partial charge is 0.497 e. The SMILES string of the molecule is CCCCCN(CC(=O)Nc1ccc(-c2ccccc2S(N)(=O)=O)cc1)c1cccc(C(=N)NC(=S)c2ccc(OC)cc2)c1. The third kappa shape index (κ3) is 9.21. The predicted octanol–water partition coefficient (Wildman–Crippen LogP) is 5.94. The van der Waals surface area contributed by atoms with Gasteiger partial charge in [-0.2, -0.15) is 0 Å². The quantitative estimate of drug-likeness (QED) is 0.0613. The van der Waals surface area contributed by atoms with Crippen LogP contribution >= 0.6 is 12.2 Å². The van der Waals surface area contributed by atoms with Gasteiger partial charge in [-0.15, -0.1) is 0 Å². The van der Waals surface area contributed by atoms with Crippen molar-refractivity contribution in [2.45, 2.75) is 31.1 Å². The Kier molecular flexibility index (Phi) is 11.4. The summed E-state index contributed by atoms with van der Waals surface area (Å²) in [6.45, 7) is 2.90. The molecule has 0 aromatic heterocycles. The van der Waals surface area contributed by atoms with Crippen LogP contribution in [0.3, 0.4) is 0 Å². The highest BCUT2D eigenvalue weighted by Gasteiger charge is 2.16. The Morgan fingerprint density at radius 3 is 2.31 bits per heavy atom. The highest BCUT2D eigenvalue weighted by atomic mass is 32.2. The predicted molar refractivity (Wildman–Crippen MR) is 185 cm³/mol. The Hall–Kier alpha value is -4.58. The Bertz CT molecular complexity index is 1760. The molecule has 1 amide bonds. The molecule has 45 heavy (non-hydrogen) atoms. The van der Waals surface area contributed by atoms with Crippen molar-refractivity contribution in [1.29, 1.82) is 5.41 Å². The number of ether oxygens (including phenoxy) is 1. The summed E-state index contributed by atoms with van der Waals surface area (Å²) in [6, 6.07) is 28.3. The number of benzene rings is 4. The third-order valence-corrected chi connectivity index (χ3v) is 8.44. The van der Waals surface area contributed by atoms with Crippen molar-refractivity contribution in [2.24, 2.45) is 5.14 Å². The number of nitrogens with zero attached hydrogens (tertiary/aromatic N) is 1. The van der Waals surface area contributed by atoms with E-state index in [1.54, 1.807) is 49.6 Å². The van der Waals surface area contributed by atoms with Crippen molar-refractivity contribution in [3.05, 3.63) is 108 Å². The lowest BCUT2D eigenvalue weighted by Gasteiger charge is -2.25. The van der Waals surface area contributed by atoms with Gasteiger partial charge >= 0.3 is 0 Å². The molecule has 0 aliphatic carbocycles. The van der Waals surface area contributed by atoms with Crippen LogP contribution in [0.4, 0.5) is 11.4 Å². The van der Waals surface area contributed by atoms with E-state index in [0.29, 0.717) is 33.9 Å². The van der Waals surface area contributed by atoms with E-state index in [2.05, 4.69) is 17.6 Å². The van der Waals surface area contributed by atoms with Crippen LogP contribution in [0, 0.1) is 5.41 Å². The molecule has 0 unspecified atom stereocenters. The molecule has 0 heterocycles. The van der Waals surface area contributed by atoms with Gasteiger partial charge in [-0.1, -0.05) is 74.4 Å². The molecule has 4 aromatic carbocycles. The van der Waals surface area contributed by atoms with Gasteiger partial charge in [-0.05, 0) is 66.6 Å². The molecule has 11 heteroatoms. The second kappa shape index (κ2) is 15.4. The Morgan fingerprint density at radius 2 is 1.64 bits per heavy atom. The minimum absolute atomic E-state index is 0.0394. The van der Waals surface area contributed by atoms with Crippen molar-refractivity contribution < 1.29 is 17.9 Å². The minimum Gasteiger partial charge on any atom is -0.497 e. The molecular weight excluding hydrogens is 607 g/mol. The van der Waals surface area contributed by atoms with E-state index >= 15 is 0 Å². The van der Waals surface area contributed by atoms with Gasteiger partial charge in [-0.25, -0.2) is 13.6 Å². The summed E-state index contributed by atoms with van der Waals surface area (Å²) in [6.07, 6.45) is 2.97. The number of nitrogens with one attached hydrogen (secondary N) is 3. The highest BCUT2D eigenvalue weighted by molar-refractivity contribution is 7.89. The van der Waals surface area contributed by atoms with Crippen molar-refractivity contribution in [1.82, 2.24) is 5.32 Å². The molecule has 0 aliphatic heterocycles. The average Bonchev–Trinajstić information content (AvgIpc) is 3.04. The van der Waals surface area contributed by atoms with Crippen LogP contribution in [-0.2, 0) is 14.8 Å². The molecule has 0 radical (unpaired) electrons. The molecule has 0 saturated heterocycles. The van der Waals surface area contributed by atoms with Crippen LogP contribution in [0.5, 0.6) is 5.75 Å². The summed E-state index contributed by atoms with van der Waals surface area (Å²) in [5, 5.41) is 20.0. The number of nitrogens with two attached hydrogens (primary N) is 1. The number of hydrogen-bond acceptors (Lipinski definition) is 7. The van der Waals surface area contributed by atoms with Gasteiger partial charge in [0.2, 0.25) is 15.9 Å². The molecule has 0 saturated carbocycles. The zero-order valence-corrected chi connectivity index (χ0v) is 26.9. The number of carbonyl (C=O) groups excluding carboxylic acids is 1. The van der Waals surface area contributed by atoms with E-state index < -0.39 is 10.0 Å². The van der Waals surface area contributed by atoms with E-state index in [1.807, 2.05) is 53.4 Å². The maximum atomic E-state index is 13.2. The molecule has 0 fully saturated rings. The van der Waals surface area contributed by atoms with Crippen LogP contribution in [0.15, 0.2) is 102 Å². The summed E-state index contributed by atoms with van der Waals surface area (Å²) in [7, 11) is -2.29. The van der Waals surface area contributed by atoms with Gasteiger partial charge in [0.1, 0.15) is 16.6 Å². The molecule has 0 atom stereocenters. The monoisotopic (exact) mass is 643 g/mol. The van der Waals surface area contributed by atoms with Crippen molar-refractivity contribution >= 4 is 50.3 Å². The number of thiocarbonyl (C=S) groups is 1. The normalized spacial score (nSPS) is 11.0. The first-order valence-corrected chi connectivity index (χ1v) is 16.5. The summed E-state index contributed by atoms with van der Waals surface area (Å²) < 4.78 is 29.3. The lowest BCUT2D eigenvalue weighted by Crippen LogP contribution is -2.34. The first-order chi connectivity index (χ1) is 21.6. The number of sulfonamides is 1. The number of hydrogen-bond donors (Lipinski definition) is 4. The second-order valence-corrected chi connectivity index (χ2v) is 12.3. The fraction of sp³-hybridized carbons (Fsp3) is 0.206. The van der Waals surface area contributed by atoms with Crippen molar-refractivity contribution in [3.63, 3.8) is 0 Å². The van der Waals surface area contributed by atoms with E-state index in [1.165, 1.54) is 6.07 Å². The van der Waals surface area contributed by atoms with E-state index in [-0.39, 0.29) is 23.2 Å². The lowest BCUT2D eigenvalue weighted by molar-refractivity contribution is -0.115. The van der Waals surface area contributed by atoms with E-state index in [9.17, 15) is 13.2 Å². The molecule has 0 aliphatic rings. The smallest absolute Gasteiger partial charge is 0.243 e. The molecule has 234 valence electrons. The van der Waals surface area contributed by atoms with Crippen LogP contribution in [0.25, 0.3) is 11.1 Å². The zero-order valence-electron chi connectivity index (χ0n) is 25.2. The number of amidine groups is 1. The van der Waals surface area contributed by atoms with Crippen molar-refractivity contribution in [2.75, 3.05) is 30.4 Å². The van der Waals surface area contributed by atoms with Gasteiger partial charge in [0.25, 0.3) is 0 Å². The van der Waals surface area contributed by atoms with Crippen LogP contribution in [0.2, 0.25) is 0 Å². The minimum atomic E-state index is -3.89. The number of methoxy groups -OCH3 is 1. The standard InChI is InChI=1S/C34H37N5O4S2/c1-3-4-7-21-39(28-10-8-9-26(22-28)33(35)38-34(44)25-15-19-29(43-2)20-16-25)23-32(40)37-27-17-13-24(14-18-27)30-11-5-6-12-31(30)45(36,41)42/h5-6,8-20,22H,3-4,7,21,23H2,1-2H3,(H,37,40)(H2,35,38,44)(H2,36,41,42). The fourth-order valence-electron chi connectivity index (χ4n) is 4.77. The van der Waals surface area contributed by atoms with Crippen LogP contribution in [-0.4, -0.2) is 45.3 Å². The number of amides is 1. The number of carbonyl (C=O) groups is 1.